The number of aromatic nitrogens is 2. The summed E-state index contributed by atoms with van der Waals surface area (Å²) in [6, 6.07) is -2.15. The van der Waals surface area contributed by atoms with E-state index in [9.17, 15) is 19.5 Å². The lowest BCUT2D eigenvalue weighted by molar-refractivity contribution is -0.142. The number of hydrogen-bond donors (Lipinski definition) is 5. The van der Waals surface area contributed by atoms with Crippen LogP contribution in [0.4, 0.5) is 0 Å². The third-order valence-corrected chi connectivity index (χ3v) is 4.86. The maximum Gasteiger partial charge on any atom is 0.326 e. The fraction of sp³-hybridized carbons (Fsp3) is 0.625. The Labute approximate surface area is 156 Å². The Kier molecular flexibility index (Phi) is 7.92. The number of aromatic amines is 1. The lowest BCUT2D eigenvalue weighted by Gasteiger charge is -2.22. The zero-order chi connectivity index (χ0) is 18.9. The van der Waals surface area contributed by atoms with Crippen molar-refractivity contribution in [2.75, 3.05) is 18.6 Å². The third kappa shape index (κ3) is 6.03. The van der Waals surface area contributed by atoms with Gasteiger partial charge in [-0.3, -0.25) is 9.59 Å². The zero-order valence-corrected chi connectivity index (χ0v) is 15.5. The molecule has 0 aromatic carbocycles. The number of rotatable bonds is 10. The van der Waals surface area contributed by atoms with Crippen molar-refractivity contribution in [2.45, 2.75) is 43.8 Å². The maximum absolute atomic E-state index is 12.6. The minimum absolute atomic E-state index is 0.0917. The number of imidazole rings is 1. The molecule has 0 aliphatic carbocycles. The first kappa shape index (κ1) is 20.2. The van der Waals surface area contributed by atoms with E-state index >= 15 is 0 Å². The van der Waals surface area contributed by atoms with E-state index in [2.05, 4.69) is 25.9 Å². The number of nitrogens with zero attached hydrogens (tertiary/aromatic N) is 1. The summed E-state index contributed by atoms with van der Waals surface area (Å²) in [4.78, 5) is 43.1. The SMILES string of the molecule is CSCC[C@H](NC(=O)[C@@H]1CCCN1)C(=O)N[C@@H](Cc1cnc[nH]1)C(=O)O. The quantitative estimate of drug-likeness (QED) is 0.368. The highest BCUT2D eigenvalue weighted by atomic mass is 32.2. The molecule has 2 rings (SSSR count). The molecule has 1 fully saturated rings. The molecular formula is C16H25N5O4S. The van der Waals surface area contributed by atoms with Crippen molar-refractivity contribution in [3.05, 3.63) is 18.2 Å². The van der Waals surface area contributed by atoms with Crippen molar-refractivity contribution in [2.24, 2.45) is 0 Å². The van der Waals surface area contributed by atoms with Gasteiger partial charge in [-0.25, -0.2) is 9.78 Å². The molecule has 9 nitrogen and oxygen atoms in total. The minimum Gasteiger partial charge on any atom is -0.480 e. The van der Waals surface area contributed by atoms with Crippen molar-refractivity contribution < 1.29 is 19.5 Å². The number of carbonyl (C=O) groups excluding carboxylic acids is 2. The highest BCUT2D eigenvalue weighted by Gasteiger charge is 2.29. The normalized spacial score (nSPS) is 18.9. The molecule has 1 aliphatic heterocycles. The molecule has 0 radical (unpaired) electrons. The summed E-state index contributed by atoms with van der Waals surface area (Å²) in [5.41, 5.74) is 0.609. The van der Waals surface area contributed by atoms with E-state index in [4.69, 9.17) is 0 Å². The number of carboxylic acids is 1. The number of hydrogen-bond acceptors (Lipinski definition) is 6. The fourth-order valence-electron chi connectivity index (χ4n) is 2.77. The second kappa shape index (κ2) is 10.2. The van der Waals surface area contributed by atoms with Crippen LogP contribution in [-0.2, 0) is 20.8 Å². The topological polar surface area (TPSA) is 136 Å². The van der Waals surface area contributed by atoms with Crippen LogP contribution in [0.1, 0.15) is 25.0 Å². The minimum atomic E-state index is -1.14. The number of carbonyl (C=O) groups is 3. The summed E-state index contributed by atoms with van der Waals surface area (Å²) in [5, 5.41) is 17.8. The smallest absolute Gasteiger partial charge is 0.326 e. The molecule has 0 bridgehead atoms. The Bertz CT molecular complexity index is 604. The Morgan fingerprint density at radius 1 is 1.38 bits per heavy atom. The van der Waals surface area contributed by atoms with Crippen LogP contribution in [0.25, 0.3) is 0 Å². The maximum atomic E-state index is 12.6. The summed E-state index contributed by atoms with van der Waals surface area (Å²) in [6.07, 6.45) is 7.06. The molecular weight excluding hydrogens is 358 g/mol. The van der Waals surface area contributed by atoms with Gasteiger partial charge in [-0.1, -0.05) is 0 Å². The van der Waals surface area contributed by atoms with Crippen LogP contribution in [0.3, 0.4) is 0 Å². The van der Waals surface area contributed by atoms with E-state index in [-0.39, 0.29) is 18.4 Å². The van der Waals surface area contributed by atoms with E-state index in [0.29, 0.717) is 17.9 Å². The zero-order valence-electron chi connectivity index (χ0n) is 14.7. The number of aliphatic carboxylic acids is 1. The van der Waals surface area contributed by atoms with Crippen LogP contribution in [0.2, 0.25) is 0 Å². The Morgan fingerprint density at radius 3 is 2.77 bits per heavy atom. The average Bonchev–Trinajstić information content (AvgIpc) is 3.31. The van der Waals surface area contributed by atoms with Gasteiger partial charge in [-0.05, 0) is 37.8 Å². The summed E-state index contributed by atoms with van der Waals surface area (Å²) < 4.78 is 0. The van der Waals surface area contributed by atoms with Gasteiger partial charge in [0.15, 0.2) is 0 Å². The summed E-state index contributed by atoms with van der Waals surface area (Å²) in [7, 11) is 0. The molecule has 1 aromatic rings. The van der Waals surface area contributed by atoms with Gasteiger partial charge in [0.2, 0.25) is 11.8 Å². The van der Waals surface area contributed by atoms with Gasteiger partial charge in [0.25, 0.3) is 0 Å². The van der Waals surface area contributed by atoms with Crippen LogP contribution >= 0.6 is 11.8 Å². The van der Waals surface area contributed by atoms with Crippen LogP contribution in [0, 0.1) is 0 Å². The molecule has 144 valence electrons. The Balaban J connectivity index is 1.98. The number of thioether (sulfide) groups is 1. The fourth-order valence-corrected chi connectivity index (χ4v) is 3.25. The highest BCUT2D eigenvalue weighted by molar-refractivity contribution is 7.98. The second-order valence-electron chi connectivity index (χ2n) is 6.17. The third-order valence-electron chi connectivity index (χ3n) is 4.21. The second-order valence-corrected chi connectivity index (χ2v) is 7.16. The van der Waals surface area contributed by atoms with Gasteiger partial charge in [-0.2, -0.15) is 11.8 Å². The monoisotopic (exact) mass is 383 g/mol. The molecule has 2 heterocycles. The van der Waals surface area contributed by atoms with Crippen molar-refractivity contribution in [1.82, 2.24) is 25.9 Å². The standard InChI is InChI=1S/C16H25N5O4S/c1-26-6-4-12(20-14(22)11-3-2-5-18-11)15(23)21-13(16(24)25)7-10-8-17-9-19-10/h8-9,11-13,18H,2-7H2,1H3,(H,17,19)(H,20,22)(H,21,23)(H,24,25)/t11-,12-,13-/m0/s1. The van der Waals surface area contributed by atoms with E-state index in [1.807, 2.05) is 6.26 Å². The highest BCUT2D eigenvalue weighted by Crippen LogP contribution is 2.08. The van der Waals surface area contributed by atoms with Crippen molar-refractivity contribution >= 4 is 29.5 Å². The van der Waals surface area contributed by atoms with E-state index < -0.39 is 24.0 Å². The van der Waals surface area contributed by atoms with Gasteiger partial charge in [0.05, 0.1) is 12.4 Å². The number of amides is 2. The average molecular weight is 383 g/mol. The molecule has 3 atom stereocenters. The van der Waals surface area contributed by atoms with Crippen molar-refractivity contribution in [3.63, 3.8) is 0 Å². The predicted molar refractivity (Wildman–Crippen MR) is 97.8 cm³/mol. The van der Waals surface area contributed by atoms with E-state index in [1.54, 1.807) is 11.8 Å². The van der Waals surface area contributed by atoms with Gasteiger partial charge in [0.1, 0.15) is 12.1 Å². The first-order chi connectivity index (χ1) is 12.5. The van der Waals surface area contributed by atoms with Crippen LogP contribution in [0.5, 0.6) is 0 Å². The lowest BCUT2D eigenvalue weighted by Crippen LogP contribution is -2.54. The molecule has 0 unspecified atom stereocenters. The van der Waals surface area contributed by atoms with Crippen molar-refractivity contribution in [3.8, 4) is 0 Å². The summed E-state index contributed by atoms with van der Waals surface area (Å²) >= 11 is 1.56. The van der Waals surface area contributed by atoms with Gasteiger partial charge < -0.3 is 26.0 Å². The number of nitrogens with one attached hydrogen (secondary N) is 4. The van der Waals surface area contributed by atoms with Crippen LogP contribution < -0.4 is 16.0 Å². The van der Waals surface area contributed by atoms with Crippen LogP contribution in [0.15, 0.2) is 12.5 Å². The molecule has 0 saturated carbocycles. The molecule has 5 N–H and O–H groups in total. The molecule has 0 spiro atoms. The molecule has 26 heavy (non-hydrogen) atoms. The number of H-pyrrole nitrogens is 1. The lowest BCUT2D eigenvalue weighted by atomic mass is 10.1. The van der Waals surface area contributed by atoms with Gasteiger partial charge in [-0.15, -0.1) is 0 Å². The molecule has 1 aromatic heterocycles. The Hall–Kier alpha value is -2.07. The summed E-state index contributed by atoms with van der Waals surface area (Å²) in [6.45, 7) is 0.783. The number of carboxylic acid groups (broad SMARTS) is 1. The first-order valence-electron chi connectivity index (χ1n) is 8.54. The largest absolute Gasteiger partial charge is 0.480 e. The molecule has 10 heteroatoms. The predicted octanol–water partition coefficient (Wildman–Crippen LogP) is -0.488. The summed E-state index contributed by atoms with van der Waals surface area (Å²) in [5.74, 6) is -1.17. The van der Waals surface area contributed by atoms with Crippen LogP contribution in [-0.4, -0.2) is 69.5 Å². The molecule has 2 amide bonds. The first-order valence-corrected chi connectivity index (χ1v) is 9.93. The van der Waals surface area contributed by atoms with Gasteiger partial charge in [0, 0.05) is 18.3 Å². The van der Waals surface area contributed by atoms with Crippen molar-refractivity contribution in [1.29, 1.82) is 0 Å². The van der Waals surface area contributed by atoms with E-state index in [1.165, 1.54) is 12.5 Å². The Morgan fingerprint density at radius 2 is 2.19 bits per heavy atom. The van der Waals surface area contributed by atoms with Gasteiger partial charge >= 0.3 is 5.97 Å². The molecule has 1 aliphatic rings. The van der Waals surface area contributed by atoms with E-state index in [0.717, 1.165) is 19.4 Å². The molecule has 1 saturated heterocycles.